The molecule has 2 aromatic rings. The maximum atomic E-state index is 13.6. The molecule has 0 spiro atoms. The predicted octanol–water partition coefficient (Wildman–Crippen LogP) is 3.26. The minimum Gasteiger partial charge on any atom is -0.368 e. The number of hydrogen-bond acceptors (Lipinski definition) is 2. The van der Waals surface area contributed by atoms with E-state index in [9.17, 15) is 13.6 Å². The van der Waals surface area contributed by atoms with Gasteiger partial charge in [0.05, 0.1) is 10.7 Å². The van der Waals surface area contributed by atoms with Crippen LogP contribution >= 0.6 is 11.6 Å². The number of primary amides is 1. The standard InChI is InChI=1S/C14H11ClF2N2O/c15-9-6-5-8(7-11(9)17)13(14(18)20)19-12-4-2-1-3-10(12)16/h1-7,13,19H,(H2,18,20). The van der Waals surface area contributed by atoms with E-state index in [1.807, 2.05) is 0 Å². The molecule has 104 valence electrons. The number of carbonyl (C=O) groups excluding carboxylic acids is 1. The van der Waals surface area contributed by atoms with Gasteiger partial charge in [-0.05, 0) is 29.8 Å². The van der Waals surface area contributed by atoms with Gasteiger partial charge in [-0.25, -0.2) is 8.78 Å². The molecule has 2 rings (SSSR count). The van der Waals surface area contributed by atoms with Crippen molar-refractivity contribution in [3.8, 4) is 0 Å². The average molecular weight is 297 g/mol. The highest BCUT2D eigenvalue weighted by Crippen LogP contribution is 2.24. The summed E-state index contributed by atoms with van der Waals surface area (Å²) in [6.45, 7) is 0. The summed E-state index contributed by atoms with van der Waals surface area (Å²) in [7, 11) is 0. The van der Waals surface area contributed by atoms with Crippen molar-refractivity contribution in [2.24, 2.45) is 5.73 Å². The Bertz CT molecular complexity index is 649. The van der Waals surface area contributed by atoms with Crippen molar-refractivity contribution in [1.82, 2.24) is 0 Å². The molecular formula is C14H11ClF2N2O. The number of amides is 1. The number of para-hydroxylation sites is 1. The molecule has 3 nitrogen and oxygen atoms in total. The van der Waals surface area contributed by atoms with Crippen molar-refractivity contribution in [2.75, 3.05) is 5.32 Å². The lowest BCUT2D eigenvalue weighted by molar-refractivity contribution is -0.118. The molecule has 1 unspecified atom stereocenters. The van der Waals surface area contributed by atoms with E-state index in [1.165, 1.54) is 30.3 Å². The summed E-state index contributed by atoms with van der Waals surface area (Å²) in [6, 6.07) is 8.61. The molecule has 0 aliphatic heterocycles. The van der Waals surface area contributed by atoms with E-state index < -0.39 is 23.6 Å². The van der Waals surface area contributed by atoms with E-state index in [1.54, 1.807) is 6.07 Å². The quantitative estimate of drug-likeness (QED) is 0.910. The van der Waals surface area contributed by atoms with Crippen molar-refractivity contribution in [2.45, 2.75) is 6.04 Å². The first-order chi connectivity index (χ1) is 9.49. The van der Waals surface area contributed by atoms with Gasteiger partial charge in [-0.3, -0.25) is 4.79 Å². The molecule has 0 aliphatic rings. The molecule has 0 radical (unpaired) electrons. The fourth-order valence-corrected chi connectivity index (χ4v) is 1.86. The van der Waals surface area contributed by atoms with Crippen LogP contribution in [0.1, 0.15) is 11.6 Å². The topological polar surface area (TPSA) is 55.1 Å². The first-order valence-corrected chi connectivity index (χ1v) is 6.12. The van der Waals surface area contributed by atoms with Crippen LogP contribution in [-0.4, -0.2) is 5.91 Å². The van der Waals surface area contributed by atoms with Crippen LogP contribution in [0.4, 0.5) is 14.5 Å². The maximum absolute atomic E-state index is 13.6. The molecule has 0 aromatic heterocycles. The zero-order valence-corrected chi connectivity index (χ0v) is 11.0. The van der Waals surface area contributed by atoms with E-state index in [-0.39, 0.29) is 16.3 Å². The fourth-order valence-electron chi connectivity index (χ4n) is 1.74. The third kappa shape index (κ3) is 3.05. The third-order valence-electron chi connectivity index (χ3n) is 2.74. The van der Waals surface area contributed by atoms with Crippen molar-refractivity contribution < 1.29 is 13.6 Å². The van der Waals surface area contributed by atoms with Crippen molar-refractivity contribution in [3.05, 3.63) is 64.7 Å². The van der Waals surface area contributed by atoms with Gasteiger partial charge in [0, 0.05) is 0 Å². The van der Waals surface area contributed by atoms with Crippen molar-refractivity contribution >= 4 is 23.2 Å². The molecule has 2 aromatic carbocycles. The fraction of sp³-hybridized carbons (Fsp3) is 0.0714. The number of halogens is 3. The molecule has 6 heteroatoms. The zero-order chi connectivity index (χ0) is 14.7. The Morgan fingerprint density at radius 2 is 1.85 bits per heavy atom. The second-order valence-corrected chi connectivity index (χ2v) is 4.54. The largest absolute Gasteiger partial charge is 0.368 e. The molecule has 1 amide bonds. The summed E-state index contributed by atoms with van der Waals surface area (Å²) in [5.74, 6) is -1.96. The summed E-state index contributed by atoms with van der Waals surface area (Å²) in [5, 5.41) is 2.58. The smallest absolute Gasteiger partial charge is 0.244 e. The van der Waals surface area contributed by atoms with Crippen LogP contribution in [0.15, 0.2) is 42.5 Å². The van der Waals surface area contributed by atoms with Gasteiger partial charge in [0.2, 0.25) is 5.91 Å². The van der Waals surface area contributed by atoms with Crippen LogP contribution in [0.3, 0.4) is 0 Å². The molecule has 3 N–H and O–H groups in total. The van der Waals surface area contributed by atoms with Gasteiger partial charge in [-0.1, -0.05) is 29.8 Å². The summed E-state index contributed by atoms with van der Waals surface area (Å²) in [6.07, 6.45) is 0. The Kier molecular flexibility index (Phi) is 4.20. The van der Waals surface area contributed by atoms with Gasteiger partial charge in [0.15, 0.2) is 0 Å². The Hall–Kier alpha value is -2.14. The number of anilines is 1. The van der Waals surface area contributed by atoms with E-state index >= 15 is 0 Å². The minimum atomic E-state index is -1.06. The summed E-state index contributed by atoms with van der Waals surface area (Å²) in [4.78, 5) is 11.5. The molecule has 1 atom stereocenters. The number of hydrogen-bond donors (Lipinski definition) is 2. The van der Waals surface area contributed by atoms with Crippen LogP contribution in [0.25, 0.3) is 0 Å². The van der Waals surface area contributed by atoms with Gasteiger partial charge in [-0.15, -0.1) is 0 Å². The Morgan fingerprint density at radius 3 is 2.45 bits per heavy atom. The van der Waals surface area contributed by atoms with Gasteiger partial charge >= 0.3 is 0 Å². The lowest BCUT2D eigenvalue weighted by Crippen LogP contribution is -2.28. The highest BCUT2D eigenvalue weighted by Gasteiger charge is 2.20. The summed E-state index contributed by atoms with van der Waals surface area (Å²) < 4.78 is 27.0. The number of carbonyl (C=O) groups is 1. The highest BCUT2D eigenvalue weighted by molar-refractivity contribution is 6.30. The first kappa shape index (κ1) is 14.3. The normalized spacial score (nSPS) is 11.9. The lowest BCUT2D eigenvalue weighted by Gasteiger charge is -2.17. The predicted molar refractivity (Wildman–Crippen MR) is 73.4 cm³/mol. The van der Waals surface area contributed by atoms with Crippen molar-refractivity contribution in [1.29, 1.82) is 0 Å². The van der Waals surface area contributed by atoms with Crippen LogP contribution < -0.4 is 11.1 Å². The molecule has 0 aliphatic carbocycles. The van der Waals surface area contributed by atoms with E-state index in [2.05, 4.69) is 5.32 Å². The van der Waals surface area contributed by atoms with Crippen LogP contribution in [0.2, 0.25) is 5.02 Å². The van der Waals surface area contributed by atoms with E-state index in [0.29, 0.717) is 0 Å². The molecule has 0 fully saturated rings. The molecule has 0 bridgehead atoms. The van der Waals surface area contributed by atoms with Crippen molar-refractivity contribution in [3.63, 3.8) is 0 Å². The lowest BCUT2D eigenvalue weighted by atomic mass is 10.1. The molecule has 0 saturated carbocycles. The number of nitrogens with one attached hydrogen (secondary N) is 1. The van der Waals surface area contributed by atoms with Gasteiger partial charge < -0.3 is 11.1 Å². The zero-order valence-electron chi connectivity index (χ0n) is 10.2. The molecular weight excluding hydrogens is 286 g/mol. The Balaban J connectivity index is 2.34. The number of rotatable bonds is 4. The van der Waals surface area contributed by atoms with Crippen LogP contribution in [0, 0.1) is 11.6 Å². The maximum Gasteiger partial charge on any atom is 0.244 e. The minimum absolute atomic E-state index is 0.0668. The van der Waals surface area contributed by atoms with Gasteiger partial charge in [0.1, 0.15) is 17.7 Å². The number of benzene rings is 2. The SMILES string of the molecule is NC(=O)C(Nc1ccccc1F)c1ccc(Cl)c(F)c1. The Labute approximate surface area is 119 Å². The van der Waals surface area contributed by atoms with Gasteiger partial charge in [-0.2, -0.15) is 0 Å². The first-order valence-electron chi connectivity index (χ1n) is 5.74. The molecule has 0 heterocycles. The second-order valence-electron chi connectivity index (χ2n) is 4.13. The van der Waals surface area contributed by atoms with Gasteiger partial charge in [0.25, 0.3) is 0 Å². The van der Waals surface area contributed by atoms with Crippen LogP contribution in [0.5, 0.6) is 0 Å². The monoisotopic (exact) mass is 296 g/mol. The second kappa shape index (κ2) is 5.88. The van der Waals surface area contributed by atoms with E-state index in [4.69, 9.17) is 17.3 Å². The van der Waals surface area contributed by atoms with Crippen LogP contribution in [-0.2, 0) is 4.79 Å². The third-order valence-corrected chi connectivity index (χ3v) is 3.04. The van der Waals surface area contributed by atoms with E-state index in [0.717, 1.165) is 6.07 Å². The summed E-state index contributed by atoms with van der Waals surface area (Å²) in [5.41, 5.74) is 5.65. The average Bonchev–Trinajstić information content (AvgIpc) is 2.41. The number of nitrogens with two attached hydrogens (primary N) is 1. The highest BCUT2D eigenvalue weighted by atomic mass is 35.5. The molecule has 20 heavy (non-hydrogen) atoms. The molecule has 0 saturated heterocycles. The summed E-state index contributed by atoms with van der Waals surface area (Å²) >= 11 is 5.58. The Morgan fingerprint density at radius 1 is 1.15 bits per heavy atom.